The Kier molecular flexibility index (Phi) is 4.76. The van der Waals surface area contributed by atoms with Crippen LogP contribution in [0.15, 0.2) is 24.3 Å². The van der Waals surface area contributed by atoms with Crippen LogP contribution in [0.2, 0.25) is 0 Å². The number of hydrogen-bond donors (Lipinski definition) is 2. The highest BCUT2D eigenvalue weighted by molar-refractivity contribution is 5.93. The summed E-state index contributed by atoms with van der Waals surface area (Å²) < 4.78 is 10.5. The Bertz CT molecular complexity index is 608. The van der Waals surface area contributed by atoms with Crippen molar-refractivity contribution >= 4 is 11.8 Å². The van der Waals surface area contributed by atoms with Crippen LogP contribution in [0.3, 0.4) is 0 Å². The fourth-order valence-electron chi connectivity index (χ4n) is 3.40. The largest absolute Gasteiger partial charge is 0.497 e. The third-order valence-electron chi connectivity index (χ3n) is 5.04. The van der Waals surface area contributed by atoms with Gasteiger partial charge in [0, 0.05) is 39.0 Å². The summed E-state index contributed by atoms with van der Waals surface area (Å²) in [5.41, 5.74) is 0.300. The molecule has 2 aliphatic rings. The minimum Gasteiger partial charge on any atom is -0.497 e. The Hall–Kier alpha value is -2.08. The van der Waals surface area contributed by atoms with Crippen molar-refractivity contribution in [1.82, 2.24) is 10.6 Å². The Labute approximate surface area is 141 Å². The first-order valence-corrected chi connectivity index (χ1v) is 8.35. The zero-order valence-corrected chi connectivity index (χ0v) is 14.1. The van der Waals surface area contributed by atoms with Gasteiger partial charge in [-0.05, 0) is 30.0 Å². The van der Waals surface area contributed by atoms with E-state index in [-0.39, 0.29) is 23.7 Å². The van der Waals surface area contributed by atoms with Crippen LogP contribution in [-0.4, -0.2) is 44.7 Å². The number of benzene rings is 1. The standard InChI is InChI=1S/C18H24N2O4/c1-19-17(22)18(7-9-24-10-8-18)20-16(21)15-11-14(15)12-3-5-13(23-2)6-4-12/h3-6,14-15H,7-11H2,1-2H3,(H,19,22)(H,20,21)/t14-,15+/m0/s1. The van der Waals surface area contributed by atoms with E-state index in [1.165, 1.54) is 0 Å². The van der Waals surface area contributed by atoms with Gasteiger partial charge in [-0.1, -0.05) is 12.1 Å². The normalized spacial score (nSPS) is 24.8. The minimum absolute atomic E-state index is 0.0404. The molecule has 1 heterocycles. The Balaban J connectivity index is 1.65. The van der Waals surface area contributed by atoms with Crippen LogP contribution in [0, 0.1) is 5.92 Å². The van der Waals surface area contributed by atoms with Crippen LogP contribution >= 0.6 is 0 Å². The third kappa shape index (κ3) is 3.24. The lowest BCUT2D eigenvalue weighted by Crippen LogP contribution is -2.61. The van der Waals surface area contributed by atoms with Crippen LogP contribution in [0.5, 0.6) is 5.75 Å². The molecular formula is C18H24N2O4. The number of amides is 2. The molecule has 130 valence electrons. The van der Waals surface area contributed by atoms with Crippen LogP contribution in [0.1, 0.15) is 30.7 Å². The van der Waals surface area contributed by atoms with Gasteiger partial charge in [0.05, 0.1) is 7.11 Å². The zero-order valence-electron chi connectivity index (χ0n) is 14.1. The highest BCUT2D eigenvalue weighted by Crippen LogP contribution is 2.48. The third-order valence-corrected chi connectivity index (χ3v) is 5.04. The average Bonchev–Trinajstić information content (AvgIpc) is 3.42. The molecule has 1 aliphatic carbocycles. The second-order valence-corrected chi connectivity index (χ2v) is 6.48. The van der Waals surface area contributed by atoms with Crippen molar-refractivity contribution in [3.8, 4) is 5.75 Å². The topological polar surface area (TPSA) is 76.7 Å². The molecule has 1 aromatic rings. The summed E-state index contributed by atoms with van der Waals surface area (Å²) in [6, 6.07) is 7.82. The summed E-state index contributed by atoms with van der Waals surface area (Å²) in [5.74, 6) is 0.781. The molecule has 1 saturated heterocycles. The SMILES string of the molecule is CNC(=O)C1(NC(=O)[C@@H]2C[C@H]2c2ccc(OC)cc2)CCOCC1. The molecule has 1 aromatic carbocycles. The van der Waals surface area contributed by atoms with Gasteiger partial charge in [-0.15, -0.1) is 0 Å². The molecular weight excluding hydrogens is 308 g/mol. The lowest BCUT2D eigenvalue weighted by molar-refractivity contribution is -0.137. The van der Waals surface area contributed by atoms with Crippen molar-refractivity contribution in [2.75, 3.05) is 27.4 Å². The predicted octanol–water partition coefficient (Wildman–Crippen LogP) is 1.21. The van der Waals surface area contributed by atoms with E-state index in [0.29, 0.717) is 26.1 Å². The van der Waals surface area contributed by atoms with Gasteiger partial charge in [0.25, 0.3) is 0 Å². The highest BCUT2D eigenvalue weighted by atomic mass is 16.5. The lowest BCUT2D eigenvalue weighted by atomic mass is 9.88. The number of carbonyl (C=O) groups is 2. The monoisotopic (exact) mass is 332 g/mol. The number of nitrogens with one attached hydrogen (secondary N) is 2. The fourth-order valence-corrected chi connectivity index (χ4v) is 3.40. The van der Waals surface area contributed by atoms with Crippen molar-refractivity contribution < 1.29 is 19.1 Å². The van der Waals surface area contributed by atoms with Crippen LogP contribution in [0.4, 0.5) is 0 Å². The molecule has 2 fully saturated rings. The number of carbonyl (C=O) groups excluding carboxylic acids is 2. The number of methoxy groups -OCH3 is 1. The summed E-state index contributed by atoms with van der Waals surface area (Å²) in [4.78, 5) is 24.9. The van der Waals surface area contributed by atoms with E-state index >= 15 is 0 Å². The average molecular weight is 332 g/mol. The van der Waals surface area contributed by atoms with E-state index in [1.807, 2.05) is 24.3 Å². The predicted molar refractivity (Wildman–Crippen MR) is 88.8 cm³/mol. The van der Waals surface area contributed by atoms with Crippen molar-refractivity contribution in [2.45, 2.75) is 30.7 Å². The summed E-state index contributed by atoms with van der Waals surface area (Å²) in [5, 5.41) is 5.68. The van der Waals surface area contributed by atoms with Gasteiger partial charge in [-0.25, -0.2) is 0 Å². The van der Waals surface area contributed by atoms with Crippen molar-refractivity contribution in [2.24, 2.45) is 5.92 Å². The summed E-state index contributed by atoms with van der Waals surface area (Å²) in [6.45, 7) is 0.973. The first-order chi connectivity index (χ1) is 11.6. The molecule has 0 spiro atoms. The van der Waals surface area contributed by atoms with E-state index in [1.54, 1.807) is 14.2 Å². The van der Waals surface area contributed by atoms with Gasteiger partial charge in [0.1, 0.15) is 11.3 Å². The van der Waals surface area contributed by atoms with E-state index < -0.39 is 5.54 Å². The number of ether oxygens (including phenoxy) is 2. The van der Waals surface area contributed by atoms with Crippen LogP contribution < -0.4 is 15.4 Å². The maximum Gasteiger partial charge on any atom is 0.245 e. The molecule has 24 heavy (non-hydrogen) atoms. The molecule has 2 amide bonds. The molecule has 6 nitrogen and oxygen atoms in total. The number of rotatable bonds is 5. The molecule has 2 N–H and O–H groups in total. The number of likely N-dealkylation sites (N-methyl/N-ethyl adjacent to an activating group) is 1. The molecule has 0 bridgehead atoms. The summed E-state index contributed by atoms with van der Waals surface area (Å²) in [7, 11) is 3.23. The van der Waals surface area contributed by atoms with Gasteiger partial charge >= 0.3 is 0 Å². The molecule has 6 heteroatoms. The summed E-state index contributed by atoms with van der Waals surface area (Å²) >= 11 is 0. The second-order valence-electron chi connectivity index (χ2n) is 6.48. The first-order valence-electron chi connectivity index (χ1n) is 8.35. The maximum atomic E-state index is 12.6. The molecule has 0 unspecified atom stereocenters. The Morgan fingerprint density at radius 1 is 1.21 bits per heavy atom. The molecule has 0 aromatic heterocycles. The van der Waals surface area contributed by atoms with Crippen LogP contribution in [0.25, 0.3) is 0 Å². The molecule has 0 radical (unpaired) electrons. The summed E-state index contributed by atoms with van der Waals surface area (Å²) in [6.07, 6.45) is 1.84. The zero-order chi connectivity index (χ0) is 17.2. The van der Waals surface area contributed by atoms with Crippen molar-refractivity contribution in [3.05, 3.63) is 29.8 Å². The van der Waals surface area contributed by atoms with E-state index in [9.17, 15) is 9.59 Å². The number of hydrogen-bond acceptors (Lipinski definition) is 4. The fraction of sp³-hybridized carbons (Fsp3) is 0.556. The molecule has 2 atom stereocenters. The maximum absolute atomic E-state index is 12.6. The quantitative estimate of drug-likeness (QED) is 0.850. The van der Waals surface area contributed by atoms with Gasteiger partial charge in [-0.2, -0.15) is 0 Å². The first kappa shape index (κ1) is 16.8. The minimum atomic E-state index is -0.836. The molecule has 1 saturated carbocycles. The Morgan fingerprint density at radius 3 is 2.46 bits per heavy atom. The molecule has 1 aliphatic heterocycles. The van der Waals surface area contributed by atoms with Gasteiger partial charge in [0.15, 0.2) is 0 Å². The van der Waals surface area contributed by atoms with Crippen LogP contribution in [-0.2, 0) is 14.3 Å². The smallest absolute Gasteiger partial charge is 0.245 e. The Morgan fingerprint density at radius 2 is 1.88 bits per heavy atom. The van der Waals surface area contributed by atoms with E-state index in [4.69, 9.17) is 9.47 Å². The van der Waals surface area contributed by atoms with E-state index in [2.05, 4.69) is 10.6 Å². The van der Waals surface area contributed by atoms with Crippen molar-refractivity contribution in [1.29, 1.82) is 0 Å². The molecule has 3 rings (SSSR count). The van der Waals surface area contributed by atoms with Gasteiger partial charge < -0.3 is 20.1 Å². The van der Waals surface area contributed by atoms with Gasteiger partial charge in [0.2, 0.25) is 11.8 Å². The van der Waals surface area contributed by atoms with E-state index in [0.717, 1.165) is 17.7 Å². The highest BCUT2D eigenvalue weighted by Gasteiger charge is 2.48. The second kappa shape index (κ2) is 6.81. The van der Waals surface area contributed by atoms with Crippen molar-refractivity contribution in [3.63, 3.8) is 0 Å². The lowest BCUT2D eigenvalue weighted by Gasteiger charge is -2.36. The van der Waals surface area contributed by atoms with Gasteiger partial charge in [-0.3, -0.25) is 9.59 Å².